The minimum absolute atomic E-state index is 0.123. The van der Waals surface area contributed by atoms with Crippen molar-refractivity contribution in [3.63, 3.8) is 0 Å². The van der Waals surface area contributed by atoms with Crippen LogP contribution in [0.5, 0.6) is 11.5 Å². The molecule has 2 aromatic carbocycles. The molecule has 0 amide bonds. The average Bonchev–Trinajstić information content (AvgIpc) is 3.18. The minimum Gasteiger partial charge on any atom is -0.493 e. The lowest BCUT2D eigenvalue weighted by Crippen LogP contribution is -2.39. The van der Waals surface area contributed by atoms with E-state index in [0.717, 1.165) is 11.1 Å². The molecule has 0 bridgehead atoms. The van der Waals surface area contributed by atoms with Crippen molar-refractivity contribution in [3.05, 3.63) is 88.5 Å². The second-order valence-corrected chi connectivity index (χ2v) is 10.0. The number of aromatic nitrogens is 1. The fourth-order valence-electron chi connectivity index (χ4n) is 4.04. The number of halogens is 1. The molecule has 190 valence electrons. The van der Waals surface area contributed by atoms with Crippen LogP contribution in [-0.4, -0.2) is 30.9 Å². The molecule has 0 unspecified atom stereocenters. The molecule has 1 aliphatic heterocycles. The average molecular weight is 582 g/mol. The third kappa shape index (κ3) is 5.24. The van der Waals surface area contributed by atoms with E-state index in [1.54, 1.807) is 36.6 Å². The maximum absolute atomic E-state index is 13.8. The Morgan fingerprint density at radius 3 is 2.62 bits per heavy atom. The van der Waals surface area contributed by atoms with Crippen LogP contribution in [0.1, 0.15) is 36.6 Å². The number of thiazole rings is 1. The van der Waals surface area contributed by atoms with Gasteiger partial charge >= 0.3 is 5.97 Å². The van der Waals surface area contributed by atoms with Crippen LogP contribution < -0.4 is 24.4 Å². The van der Waals surface area contributed by atoms with Gasteiger partial charge in [-0.25, -0.2) is 9.79 Å². The van der Waals surface area contributed by atoms with Gasteiger partial charge in [0.25, 0.3) is 5.56 Å². The van der Waals surface area contributed by atoms with E-state index in [0.29, 0.717) is 42.1 Å². The predicted octanol–water partition coefficient (Wildman–Crippen LogP) is 3.78. The summed E-state index contributed by atoms with van der Waals surface area (Å²) in [6.45, 7) is 5.57. The van der Waals surface area contributed by atoms with E-state index in [9.17, 15) is 9.59 Å². The lowest BCUT2D eigenvalue weighted by atomic mass is 9.95. The highest BCUT2D eigenvalue weighted by Gasteiger charge is 2.33. The van der Waals surface area contributed by atoms with Crippen LogP contribution in [0.4, 0.5) is 0 Å². The van der Waals surface area contributed by atoms with Crippen molar-refractivity contribution in [2.75, 3.05) is 20.3 Å². The Hall–Kier alpha value is -3.68. The fraction of sp³-hybridized carbons (Fsp3) is 0.259. The molecule has 4 rings (SSSR count). The van der Waals surface area contributed by atoms with Crippen LogP contribution in [0.25, 0.3) is 6.08 Å². The van der Waals surface area contributed by atoms with E-state index < -0.39 is 12.0 Å². The van der Waals surface area contributed by atoms with E-state index in [4.69, 9.17) is 19.5 Å². The highest BCUT2D eigenvalue weighted by atomic mass is 79.9. The highest BCUT2D eigenvalue weighted by Crippen LogP contribution is 2.34. The minimum atomic E-state index is -0.669. The topological polar surface area (TPSA) is 103 Å². The summed E-state index contributed by atoms with van der Waals surface area (Å²) in [5.74, 6) is 0.336. The van der Waals surface area contributed by atoms with Crippen molar-refractivity contribution >= 4 is 39.3 Å². The van der Waals surface area contributed by atoms with Gasteiger partial charge in [-0.3, -0.25) is 9.36 Å². The number of rotatable bonds is 7. The van der Waals surface area contributed by atoms with Gasteiger partial charge in [0, 0.05) is 4.47 Å². The number of fused-ring (bicyclic) bond motifs is 1. The Kier molecular flexibility index (Phi) is 7.95. The summed E-state index contributed by atoms with van der Waals surface area (Å²) in [5, 5.41) is 8.83. The smallest absolute Gasteiger partial charge is 0.338 e. The Labute approximate surface area is 225 Å². The van der Waals surface area contributed by atoms with E-state index in [1.165, 1.54) is 18.4 Å². The van der Waals surface area contributed by atoms with Crippen molar-refractivity contribution in [3.8, 4) is 17.6 Å². The lowest BCUT2D eigenvalue weighted by Gasteiger charge is -2.24. The van der Waals surface area contributed by atoms with Crippen molar-refractivity contribution in [1.29, 1.82) is 5.26 Å². The van der Waals surface area contributed by atoms with Crippen molar-refractivity contribution in [2.45, 2.75) is 26.8 Å². The molecule has 8 nitrogen and oxygen atoms in total. The first-order chi connectivity index (χ1) is 17.8. The maximum Gasteiger partial charge on any atom is 0.338 e. The third-order valence-electron chi connectivity index (χ3n) is 5.77. The van der Waals surface area contributed by atoms with Crippen LogP contribution in [-0.2, 0) is 9.53 Å². The number of esters is 1. The number of hydrogen-bond acceptors (Lipinski definition) is 8. The summed E-state index contributed by atoms with van der Waals surface area (Å²) in [7, 11) is 1.50. The summed E-state index contributed by atoms with van der Waals surface area (Å²) in [5.41, 5.74) is 3.11. The Balaban J connectivity index is 1.91. The normalized spacial score (nSPS) is 15.0. The number of benzene rings is 2. The van der Waals surface area contributed by atoms with Crippen LogP contribution in [0.15, 0.2) is 61.9 Å². The quantitative estimate of drug-likeness (QED) is 0.393. The molecule has 1 aliphatic rings. The summed E-state index contributed by atoms with van der Waals surface area (Å²) < 4.78 is 18.8. The van der Waals surface area contributed by atoms with Crippen molar-refractivity contribution in [1.82, 2.24) is 4.57 Å². The zero-order valence-electron chi connectivity index (χ0n) is 20.7. The van der Waals surface area contributed by atoms with E-state index in [-0.39, 0.29) is 18.8 Å². The molecule has 0 saturated heterocycles. The molecule has 1 aromatic heterocycles. The molecular weight excluding hydrogens is 558 g/mol. The van der Waals surface area contributed by atoms with Gasteiger partial charge in [-0.15, -0.1) is 0 Å². The Morgan fingerprint density at radius 2 is 1.97 bits per heavy atom. The standard InChI is InChI=1S/C27H24BrN3O5S/c1-5-35-26(33)23-16(3)30-27-31(24(23)17-8-6-15(2)7-9-17)25(32)22(37-27)13-18-12-20(34-4)21(14-19(18)28)36-11-10-29/h6-9,12-14,24H,5,11H2,1-4H3/b22-13+/t24-/m1/s1. The molecule has 37 heavy (non-hydrogen) atoms. The molecule has 0 aliphatic carbocycles. The second-order valence-electron chi connectivity index (χ2n) is 8.18. The van der Waals surface area contributed by atoms with Crippen molar-refractivity contribution < 1.29 is 19.0 Å². The van der Waals surface area contributed by atoms with Gasteiger partial charge in [-0.05, 0) is 50.1 Å². The van der Waals surface area contributed by atoms with Crippen LogP contribution in [0.2, 0.25) is 0 Å². The van der Waals surface area contributed by atoms with Gasteiger partial charge in [-0.2, -0.15) is 5.26 Å². The summed E-state index contributed by atoms with van der Waals surface area (Å²) >= 11 is 4.76. The number of methoxy groups -OCH3 is 1. The van der Waals surface area contributed by atoms with Gasteiger partial charge in [0.05, 0.1) is 35.6 Å². The summed E-state index contributed by atoms with van der Waals surface area (Å²) in [6.07, 6.45) is 1.74. The number of aryl methyl sites for hydroxylation is 1. The molecule has 10 heteroatoms. The van der Waals surface area contributed by atoms with Gasteiger partial charge in [0.2, 0.25) is 0 Å². The number of nitrogens with zero attached hydrogens (tertiary/aromatic N) is 3. The molecule has 2 heterocycles. The van der Waals surface area contributed by atoms with Gasteiger partial charge < -0.3 is 14.2 Å². The first-order valence-corrected chi connectivity index (χ1v) is 13.0. The number of carbonyl (C=O) groups excluding carboxylic acids is 1. The fourth-order valence-corrected chi connectivity index (χ4v) is 5.52. The van der Waals surface area contributed by atoms with Gasteiger partial charge in [0.1, 0.15) is 6.07 Å². The molecule has 0 N–H and O–H groups in total. The monoisotopic (exact) mass is 581 g/mol. The predicted molar refractivity (Wildman–Crippen MR) is 143 cm³/mol. The zero-order chi connectivity index (χ0) is 26.7. The lowest BCUT2D eigenvalue weighted by molar-refractivity contribution is -0.139. The number of hydrogen-bond donors (Lipinski definition) is 0. The number of carbonyl (C=O) groups is 1. The van der Waals surface area contributed by atoms with Gasteiger partial charge in [0.15, 0.2) is 22.9 Å². The number of nitriles is 1. The summed E-state index contributed by atoms with van der Waals surface area (Å²) in [6, 6.07) is 12.4. The van der Waals surface area contributed by atoms with Gasteiger partial charge in [-0.1, -0.05) is 57.1 Å². The third-order valence-corrected chi connectivity index (χ3v) is 7.44. The van der Waals surface area contributed by atoms with Crippen molar-refractivity contribution in [2.24, 2.45) is 4.99 Å². The first kappa shape index (κ1) is 26.4. The summed E-state index contributed by atoms with van der Waals surface area (Å²) in [4.78, 5) is 31.9. The molecular formula is C27H24BrN3O5S. The molecule has 3 aromatic rings. The second kappa shape index (κ2) is 11.2. The van der Waals surface area contributed by atoms with Crippen LogP contribution in [0, 0.1) is 18.3 Å². The largest absolute Gasteiger partial charge is 0.493 e. The molecule has 1 atom stereocenters. The molecule has 0 radical (unpaired) electrons. The highest BCUT2D eigenvalue weighted by molar-refractivity contribution is 9.10. The van der Waals surface area contributed by atoms with Crippen LogP contribution in [0.3, 0.4) is 0 Å². The number of allylic oxidation sites excluding steroid dienone is 1. The van der Waals surface area contributed by atoms with Crippen LogP contribution >= 0.6 is 27.3 Å². The first-order valence-electron chi connectivity index (χ1n) is 11.4. The maximum atomic E-state index is 13.8. The molecule has 0 spiro atoms. The van der Waals surface area contributed by atoms with E-state index in [2.05, 4.69) is 20.9 Å². The SMILES string of the molecule is CCOC(=O)C1=C(C)N=c2s/c(=C/c3cc(OC)c(OCC#N)cc3Br)c(=O)n2[C@@H]1c1ccc(C)cc1. The molecule has 0 fully saturated rings. The zero-order valence-corrected chi connectivity index (χ0v) is 23.1. The molecule has 0 saturated carbocycles. The Morgan fingerprint density at radius 1 is 1.24 bits per heavy atom. The number of ether oxygens (including phenoxy) is 3. The van der Waals surface area contributed by atoms with E-state index in [1.807, 2.05) is 37.3 Å². The van der Waals surface area contributed by atoms with E-state index >= 15 is 0 Å². The Bertz CT molecular complexity index is 1610.